The second kappa shape index (κ2) is 12.0. The van der Waals surface area contributed by atoms with E-state index in [1.165, 1.54) is 0 Å². The van der Waals surface area contributed by atoms with Crippen LogP contribution in [-0.4, -0.2) is 43.3 Å². The number of rotatable bonds is 14. The number of hydrogen-bond donors (Lipinski definition) is 2. The summed E-state index contributed by atoms with van der Waals surface area (Å²) in [5.74, 6) is 0.0439. The van der Waals surface area contributed by atoms with Crippen LogP contribution in [-0.2, 0) is 23.1 Å². The molecular weight excluding hydrogens is 321 g/mol. The van der Waals surface area contributed by atoms with Gasteiger partial charge in [0.15, 0.2) is 0 Å². The molecule has 1 unspecified atom stereocenters. The predicted molar refractivity (Wildman–Crippen MR) is 89.2 cm³/mol. The smallest absolute Gasteiger partial charge is 0.376 e. The Morgan fingerprint density at radius 3 is 2.48 bits per heavy atom. The summed E-state index contributed by atoms with van der Waals surface area (Å²) >= 11 is 0. The van der Waals surface area contributed by atoms with Crippen LogP contribution >= 0.6 is 7.82 Å². The molecule has 0 bridgehead atoms. The molecule has 0 heterocycles. The number of ether oxygens (including phenoxy) is 1. The molecule has 0 saturated carbocycles. The highest BCUT2D eigenvalue weighted by Crippen LogP contribution is 2.41. The Bertz CT molecular complexity index is 375. The number of nitrogens with one attached hydrogen (secondary N) is 1. The van der Waals surface area contributed by atoms with Crippen molar-refractivity contribution in [3.8, 4) is 0 Å². The lowest BCUT2D eigenvalue weighted by molar-refractivity contribution is -0.122. The highest BCUT2D eigenvalue weighted by Gasteiger charge is 2.19. The molecule has 0 aromatic rings. The van der Waals surface area contributed by atoms with Gasteiger partial charge in [-0.1, -0.05) is 12.8 Å². The van der Waals surface area contributed by atoms with Crippen molar-refractivity contribution in [1.29, 1.82) is 0 Å². The van der Waals surface area contributed by atoms with Crippen LogP contribution < -0.4 is 5.32 Å². The van der Waals surface area contributed by atoms with Crippen molar-refractivity contribution >= 4 is 13.7 Å². The Kier molecular flexibility index (Phi) is 11.7. The second-order valence-electron chi connectivity index (χ2n) is 5.94. The molecule has 0 radical (unpaired) electrons. The average molecular weight is 353 g/mol. The maximum Gasteiger partial charge on any atom is 0.471 e. The Balaban J connectivity index is 3.51. The fourth-order valence-electron chi connectivity index (χ4n) is 2.01. The standard InChI is InChI=1S/C15H32NO6P/c1-5-21-15(2,3)11-10-14(17)16-12-8-6-7-9-13-22-23(18,19)20-4/h5-13H2,1-4H3,(H,16,17)(H,18,19). The van der Waals surface area contributed by atoms with Crippen LogP contribution in [0.5, 0.6) is 0 Å². The third kappa shape index (κ3) is 13.7. The van der Waals surface area contributed by atoms with Crippen molar-refractivity contribution in [2.75, 3.05) is 26.9 Å². The topological polar surface area (TPSA) is 94.1 Å². The molecule has 2 N–H and O–H groups in total. The van der Waals surface area contributed by atoms with E-state index in [1.807, 2.05) is 20.8 Å². The molecule has 1 amide bonds. The minimum atomic E-state index is -3.84. The minimum absolute atomic E-state index is 0.0439. The van der Waals surface area contributed by atoms with Crippen LogP contribution in [0, 0.1) is 0 Å². The molecule has 0 rings (SSSR count). The molecule has 0 aliphatic carbocycles. The van der Waals surface area contributed by atoms with Crippen LogP contribution in [0.2, 0.25) is 0 Å². The van der Waals surface area contributed by atoms with Gasteiger partial charge in [0.1, 0.15) is 0 Å². The average Bonchev–Trinajstić information content (AvgIpc) is 2.48. The summed E-state index contributed by atoms with van der Waals surface area (Å²) < 4.78 is 25.6. The number of carbonyl (C=O) groups excluding carboxylic acids is 1. The van der Waals surface area contributed by atoms with Gasteiger partial charge in [-0.3, -0.25) is 13.8 Å². The van der Waals surface area contributed by atoms with Crippen molar-refractivity contribution in [3.63, 3.8) is 0 Å². The summed E-state index contributed by atoms with van der Waals surface area (Å²) in [5.41, 5.74) is -0.263. The molecule has 7 nitrogen and oxygen atoms in total. The molecule has 0 aliphatic heterocycles. The third-order valence-electron chi connectivity index (χ3n) is 3.37. The molecule has 1 atom stereocenters. The minimum Gasteiger partial charge on any atom is -0.376 e. The molecule has 0 spiro atoms. The summed E-state index contributed by atoms with van der Waals surface area (Å²) in [5, 5.41) is 2.89. The quantitative estimate of drug-likeness (QED) is 0.368. The van der Waals surface area contributed by atoms with Gasteiger partial charge in [-0.25, -0.2) is 4.57 Å². The SMILES string of the molecule is CCOC(C)(C)CCC(=O)NCCCCCCOP(=O)(O)OC. The van der Waals surface area contributed by atoms with E-state index < -0.39 is 7.82 Å². The van der Waals surface area contributed by atoms with Gasteiger partial charge in [0.05, 0.1) is 12.2 Å². The summed E-state index contributed by atoms with van der Waals surface area (Å²) in [6.07, 6.45) is 4.52. The summed E-state index contributed by atoms with van der Waals surface area (Å²) in [6, 6.07) is 0. The van der Waals surface area contributed by atoms with Gasteiger partial charge in [-0.2, -0.15) is 0 Å². The van der Waals surface area contributed by atoms with Gasteiger partial charge < -0.3 is 14.9 Å². The Morgan fingerprint density at radius 1 is 1.22 bits per heavy atom. The zero-order chi connectivity index (χ0) is 17.8. The van der Waals surface area contributed by atoms with Crippen molar-refractivity contribution in [3.05, 3.63) is 0 Å². The molecule has 8 heteroatoms. The zero-order valence-corrected chi connectivity index (χ0v) is 15.7. The molecule has 0 aromatic heterocycles. The van der Waals surface area contributed by atoms with E-state index in [1.54, 1.807) is 0 Å². The summed E-state index contributed by atoms with van der Waals surface area (Å²) in [4.78, 5) is 20.7. The summed E-state index contributed by atoms with van der Waals surface area (Å²) in [7, 11) is -2.70. The Hall–Kier alpha value is -0.460. The number of phosphoric acid groups is 1. The lowest BCUT2D eigenvalue weighted by Gasteiger charge is -2.24. The van der Waals surface area contributed by atoms with E-state index in [4.69, 9.17) is 14.2 Å². The number of unbranched alkanes of at least 4 members (excludes halogenated alkanes) is 3. The molecular formula is C15H32NO6P. The first-order chi connectivity index (χ1) is 10.7. The number of phosphoric ester groups is 1. The van der Waals surface area contributed by atoms with Gasteiger partial charge in [0.25, 0.3) is 0 Å². The van der Waals surface area contributed by atoms with Crippen LogP contribution in [0.25, 0.3) is 0 Å². The van der Waals surface area contributed by atoms with Crippen LogP contribution in [0.1, 0.15) is 59.3 Å². The number of amides is 1. The highest BCUT2D eigenvalue weighted by atomic mass is 31.2. The van der Waals surface area contributed by atoms with Gasteiger partial charge in [0, 0.05) is 26.7 Å². The molecule has 0 saturated heterocycles. The molecule has 0 aliphatic rings. The van der Waals surface area contributed by atoms with Crippen LogP contribution in [0.4, 0.5) is 0 Å². The maximum absolute atomic E-state index is 11.7. The largest absolute Gasteiger partial charge is 0.471 e. The monoisotopic (exact) mass is 353 g/mol. The predicted octanol–water partition coefficient (Wildman–Crippen LogP) is 3.02. The normalized spacial score (nSPS) is 14.5. The second-order valence-corrected chi connectivity index (χ2v) is 7.50. The van der Waals surface area contributed by atoms with E-state index in [-0.39, 0.29) is 18.1 Å². The zero-order valence-electron chi connectivity index (χ0n) is 14.8. The van der Waals surface area contributed by atoms with Gasteiger partial charge >= 0.3 is 7.82 Å². The van der Waals surface area contributed by atoms with Gasteiger partial charge in [-0.15, -0.1) is 0 Å². The van der Waals surface area contributed by atoms with Gasteiger partial charge in [-0.05, 0) is 40.0 Å². The first-order valence-electron chi connectivity index (χ1n) is 8.16. The van der Waals surface area contributed by atoms with E-state index in [9.17, 15) is 9.36 Å². The highest BCUT2D eigenvalue weighted by molar-refractivity contribution is 7.47. The molecule has 0 fully saturated rings. The van der Waals surface area contributed by atoms with Crippen molar-refractivity contribution in [1.82, 2.24) is 5.32 Å². The Labute approximate surface area is 139 Å². The molecule has 138 valence electrons. The third-order valence-corrected chi connectivity index (χ3v) is 4.34. The summed E-state index contributed by atoms with van der Waals surface area (Å²) in [6.45, 7) is 7.41. The van der Waals surface area contributed by atoms with Crippen LogP contribution in [0.15, 0.2) is 0 Å². The van der Waals surface area contributed by atoms with Gasteiger partial charge in [0.2, 0.25) is 5.91 Å². The van der Waals surface area contributed by atoms with E-state index in [2.05, 4.69) is 9.84 Å². The lowest BCUT2D eigenvalue weighted by atomic mass is 10.0. The number of hydrogen-bond acceptors (Lipinski definition) is 5. The van der Waals surface area contributed by atoms with E-state index in [0.29, 0.717) is 32.4 Å². The van der Waals surface area contributed by atoms with E-state index >= 15 is 0 Å². The fraction of sp³-hybridized carbons (Fsp3) is 0.933. The molecule has 0 aromatic carbocycles. The van der Waals surface area contributed by atoms with E-state index in [0.717, 1.165) is 26.4 Å². The van der Waals surface area contributed by atoms with Crippen molar-refractivity contribution in [2.24, 2.45) is 0 Å². The Morgan fingerprint density at radius 2 is 1.87 bits per heavy atom. The number of carbonyl (C=O) groups is 1. The van der Waals surface area contributed by atoms with Crippen molar-refractivity contribution in [2.45, 2.75) is 64.9 Å². The lowest BCUT2D eigenvalue weighted by Crippen LogP contribution is -2.30. The fourth-order valence-corrected chi connectivity index (χ4v) is 2.47. The first-order valence-corrected chi connectivity index (χ1v) is 9.65. The first kappa shape index (κ1) is 22.5. The van der Waals surface area contributed by atoms with Crippen LogP contribution in [0.3, 0.4) is 0 Å². The van der Waals surface area contributed by atoms with Crippen molar-refractivity contribution < 1.29 is 28.0 Å². The molecule has 23 heavy (non-hydrogen) atoms. The maximum atomic E-state index is 11.7.